The molecule has 2 aromatic rings. The standard InChI is InChI=1S/C12H13IN4/c1-3-14-11-9(13)7-15-12(17-11)10-6-4-5-8(2)16-10/h4-7H,3H2,1-2H3,(H,14,15,17). The van der Waals surface area contributed by atoms with Crippen molar-refractivity contribution in [3.05, 3.63) is 33.7 Å². The Morgan fingerprint density at radius 3 is 2.82 bits per heavy atom. The highest BCUT2D eigenvalue weighted by Gasteiger charge is 2.07. The number of rotatable bonds is 3. The number of hydrogen-bond acceptors (Lipinski definition) is 4. The van der Waals surface area contributed by atoms with Crippen LogP contribution in [0.25, 0.3) is 11.5 Å². The van der Waals surface area contributed by atoms with Crippen LogP contribution in [0.3, 0.4) is 0 Å². The topological polar surface area (TPSA) is 50.7 Å². The number of anilines is 1. The molecule has 0 atom stereocenters. The molecule has 0 radical (unpaired) electrons. The number of aromatic nitrogens is 3. The first kappa shape index (κ1) is 12.2. The molecule has 0 saturated heterocycles. The van der Waals surface area contributed by atoms with Crippen LogP contribution in [0.1, 0.15) is 12.6 Å². The third-order valence-corrected chi connectivity index (χ3v) is 3.00. The summed E-state index contributed by atoms with van der Waals surface area (Å²) in [7, 11) is 0. The summed E-state index contributed by atoms with van der Waals surface area (Å²) in [5.41, 5.74) is 1.77. The fourth-order valence-corrected chi connectivity index (χ4v) is 1.90. The first-order valence-electron chi connectivity index (χ1n) is 5.41. The summed E-state index contributed by atoms with van der Waals surface area (Å²) in [6.07, 6.45) is 1.81. The van der Waals surface area contributed by atoms with E-state index in [1.807, 2.05) is 38.2 Å². The van der Waals surface area contributed by atoms with E-state index in [1.54, 1.807) is 0 Å². The van der Waals surface area contributed by atoms with Crippen molar-refractivity contribution in [2.24, 2.45) is 0 Å². The molecule has 0 spiro atoms. The zero-order chi connectivity index (χ0) is 12.3. The smallest absolute Gasteiger partial charge is 0.180 e. The predicted octanol–water partition coefficient (Wildman–Crippen LogP) is 2.88. The van der Waals surface area contributed by atoms with Gasteiger partial charge >= 0.3 is 0 Å². The zero-order valence-electron chi connectivity index (χ0n) is 9.74. The van der Waals surface area contributed by atoms with Crippen LogP contribution in [0.15, 0.2) is 24.4 Å². The average molecular weight is 340 g/mol. The third-order valence-electron chi connectivity index (χ3n) is 2.21. The van der Waals surface area contributed by atoms with E-state index in [0.29, 0.717) is 5.82 Å². The van der Waals surface area contributed by atoms with Gasteiger partial charge in [0.1, 0.15) is 11.5 Å². The number of nitrogens with zero attached hydrogens (tertiary/aromatic N) is 3. The summed E-state index contributed by atoms with van der Waals surface area (Å²) in [4.78, 5) is 13.2. The van der Waals surface area contributed by atoms with Crippen molar-refractivity contribution in [2.75, 3.05) is 11.9 Å². The second kappa shape index (κ2) is 5.39. The molecule has 0 fully saturated rings. The highest BCUT2D eigenvalue weighted by molar-refractivity contribution is 14.1. The summed E-state index contributed by atoms with van der Waals surface area (Å²) in [5.74, 6) is 1.52. The maximum atomic E-state index is 4.48. The van der Waals surface area contributed by atoms with E-state index in [9.17, 15) is 0 Å². The highest BCUT2D eigenvalue weighted by atomic mass is 127. The molecular formula is C12H13IN4. The van der Waals surface area contributed by atoms with Crippen molar-refractivity contribution in [1.82, 2.24) is 15.0 Å². The Kier molecular flexibility index (Phi) is 3.88. The van der Waals surface area contributed by atoms with Crippen molar-refractivity contribution in [3.8, 4) is 11.5 Å². The van der Waals surface area contributed by atoms with E-state index < -0.39 is 0 Å². The molecular weight excluding hydrogens is 327 g/mol. The number of halogens is 1. The maximum Gasteiger partial charge on any atom is 0.180 e. The molecule has 17 heavy (non-hydrogen) atoms. The molecule has 4 nitrogen and oxygen atoms in total. The second-order valence-electron chi connectivity index (χ2n) is 3.58. The molecule has 0 bridgehead atoms. The van der Waals surface area contributed by atoms with E-state index in [4.69, 9.17) is 0 Å². The molecule has 5 heteroatoms. The molecule has 0 amide bonds. The normalized spacial score (nSPS) is 10.3. The Morgan fingerprint density at radius 1 is 1.29 bits per heavy atom. The van der Waals surface area contributed by atoms with E-state index in [-0.39, 0.29) is 0 Å². The summed E-state index contributed by atoms with van der Waals surface area (Å²) in [5, 5.41) is 3.21. The van der Waals surface area contributed by atoms with Gasteiger partial charge in [-0.3, -0.25) is 0 Å². The molecule has 0 aliphatic carbocycles. The van der Waals surface area contributed by atoms with Gasteiger partial charge in [-0.25, -0.2) is 15.0 Å². The molecule has 0 aliphatic heterocycles. The van der Waals surface area contributed by atoms with Crippen molar-refractivity contribution in [3.63, 3.8) is 0 Å². The zero-order valence-corrected chi connectivity index (χ0v) is 11.9. The van der Waals surface area contributed by atoms with Gasteiger partial charge in [0.05, 0.1) is 3.57 Å². The average Bonchev–Trinajstić information content (AvgIpc) is 2.32. The van der Waals surface area contributed by atoms with Gasteiger partial charge in [-0.2, -0.15) is 0 Å². The summed E-state index contributed by atoms with van der Waals surface area (Å²) in [6, 6.07) is 5.85. The number of pyridine rings is 1. The van der Waals surface area contributed by atoms with Gasteiger partial charge in [-0.15, -0.1) is 0 Å². The van der Waals surface area contributed by atoms with Crippen LogP contribution in [0.4, 0.5) is 5.82 Å². The van der Waals surface area contributed by atoms with Crippen LogP contribution in [-0.2, 0) is 0 Å². The maximum absolute atomic E-state index is 4.48. The van der Waals surface area contributed by atoms with Gasteiger partial charge in [0.25, 0.3) is 0 Å². The van der Waals surface area contributed by atoms with E-state index in [2.05, 4.69) is 42.9 Å². The quantitative estimate of drug-likeness (QED) is 0.873. The van der Waals surface area contributed by atoms with Crippen LogP contribution in [0.5, 0.6) is 0 Å². The molecule has 2 aromatic heterocycles. The number of aryl methyl sites for hydroxylation is 1. The molecule has 0 aliphatic rings. The highest BCUT2D eigenvalue weighted by Crippen LogP contribution is 2.19. The second-order valence-corrected chi connectivity index (χ2v) is 4.75. The molecule has 0 saturated carbocycles. The minimum atomic E-state index is 0.657. The van der Waals surface area contributed by atoms with E-state index >= 15 is 0 Å². The fraction of sp³-hybridized carbons (Fsp3) is 0.250. The fourth-order valence-electron chi connectivity index (χ4n) is 1.45. The molecule has 2 heterocycles. The van der Waals surface area contributed by atoms with Gasteiger partial charge in [0, 0.05) is 18.4 Å². The summed E-state index contributed by atoms with van der Waals surface area (Å²) >= 11 is 2.22. The Hall–Kier alpha value is -1.24. The van der Waals surface area contributed by atoms with Crippen molar-refractivity contribution in [2.45, 2.75) is 13.8 Å². The van der Waals surface area contributed by atoms with Crippen LogP contribution < -0.4 is 5.32 Å². The Morgan fingerprint density at radius 2 is 2.12 bits per heavy atom. The SMILES string of the molecule is CCNc1nc(-c2cccc(C)n2)ncc1I. The molecule has 2 rings (SSSR count). The number of nitrogens with one attached hydrogen (secondary N) is 1. The molecule has 1 N–H and O–H groups in total. The lowest BCUT2D eigenvalue weighted by Gasteiger charge is -2.07. The van der Waals surface area contributed by atoms with Crippen LogP contribution in [-0.4, -0.2) is 21.5 Å². The van der Waals surface area contributed by atoms with Crippen LogP contribution in [0, 0.1) is 10.5 Å². The van der Waals surface area contributed by atoms with Gasteiger partial charge in [0.2, 0.25) is 0 Å². The summed E-state index contributed by atoms with van der Waals surface area (Å²) in [6.45, 7) is 4.85. The van der Waals surface area contributed by atoms with Crippen molar-refractivity contribution >= 4 is 28.4 Å². The van der Waals surface area contributed by atoms with Crippen LogP contribution >= 0.6 is 22.6 Å². The first-order valence-corrected chi connectivity index (χ1v) is 6.49. The Bertz CT molecular complexity index is 528. The van der Waals surface area contributed by atoms with Gasteiger partial charge in [-0.1, -0.05) is 6.07 Å². The molecule has 0 unspecified atom stereocenters. The monoisotopic (exact) mass is 340 g/mol. The summed E-state index contributed by atoms with van der Waals surface area (Å²) < 4.78 is 1.01. The Balaban J connectivity index is 2.42. The lowest BCUT2D eigenvalue weighted by Crippen LogP contribution is -2.04. The first-order chi connectivity index (χ1) is 8.20. The molecule has 88 valence electrons. The van der Waals surface area contributed by atoms with E-state index in [0.717, 1.165) is 27.3 Å². The minimum Gasteiger partial charge on any atom is -0.369 e. The van der Waals surface area contributed by atoms with E-state index in [1.165, 1.54) is 0 Å². The van der Waals surface area contributed by atoms with Gasteiger partial charge in [-0.05, 0) is 48.6 Å². The van der Waals surface area contributed by atoms with Gasteiger partial charge in [0.15, 0.2) is 5.82 Å². The van der Waals surface area contributed by atoms with Crippen LogP contribution in [0.2, 0.25) is 0 Å². The molecule has 0 aromatic carbocycles. The Labute approximate surface area is 114 Å². The predicted molar refractivity (Wildman–Crippen MR) is 76.9 cm³/mol. The largest absolute Gasteiger partial charge is 0.369 e. The van der Waals surface area contributed by atoms with Crippen molar-refractivity contribution < 1.29 is 0 Å². The third kappa shape index (κ3) is 2.91. The lowest BCUT2D eigenvalue weighted by atomic mass is 10.3. The van der Waals surface area contributed by atoms with Gasteiger partial charge < -0.3 is 5.32 Å². The van der Waals surface area contributed by atoms with Crippen molar-refractivity contribution in [1.29, 1.82) is 0 Å². The lowest BCUT2D eigenvalue weighted by molar-refractivity contribution is 1.08. The number of hydrogen-bond donors (Lipinski definition) is 1. The minimum absolute atomic E-state index is 0.657.